The zero-order valence-corrected chi connectivity index (χ0v) is 21.9. The molecule has 1 saturated carbocycles. The molecule has 1 aromatic heterocycles. The zero-order chi connectivity index (χ0) is 27.2. The van der Waals surface area contributed by atoms with E-state index in [9.17, 15) is 13.6 Å². The molecule has 11 heteroatoms. The number of methoxy groups -OCH3 is 2. The number of benzene rings is 2. The molecular weight excluding hydrogens is 543 g/mol. The Morgan fingerprint density at radius 3 is 2.37 bits per heavy atom. The summed E-state index contributed by atoms with van der Waals surface area (Å²) < 4.78 is 52.6. The number of ether oxygens (including phenoxy) is 5. The van der Waals surface area contributed by atoms with E-state index in [0.717, 1.165) is 12.8 Å². The first kappa shape index (κ1) is 27.5. The van der Waals surface area contributed by atoms with E-state index in [1.54, 1.807) is 6.07 Å². The molecule has 1 fully saturated rings. The highest BCUT2D eigenvalue weighted by Crippen LogP contribution is 2.38. The molecule has 0 bridgehead atoms. The summed E-state index contributed by atoms with van der Waals surface area (Å²) in [5.41, 5.74) is 0.795. The lowest BCUT2D eigenvalue weighted by Gasteiger charge is -2.17. The Balaban J connectivity index is 1.78. The van der Waals surface area contributed by atoms with Crippen LogP contribution in [0.2, 0.25) is 10.0 Å². The number of nitrogens with zero attached hydrogens (tertiary/aromatic N) is 1. The SMILES string of the molecule is COc1ccc(C(=O)O/C(=C\c2c(Cl)cncc2Cl)c2ccc(OC(F)F)cc2OCC2CC2)cc1OC. The minimum absolute atomic E-state index is 0.00850. The van der Waals surface area contributed by atoms with E-state index in [0.29, 0.717) is 35.2 Å². The third-order valence-electron chi connectivity index (χ3n) is 5.60. The standard InChI is InChI=1S/C27H23Cl2F2NO6/c1-34-22-8-5-16(9-25(22)35-2)26(33)38-24(11-19-20(28)12-32-13-21(19)29)18-7-6-17(37-27(30)31)10-23(18)36-14-15-3-4-15/h5-13,15,27H,3-4,14H2,1-2H3/b24-11-. The number of pyridine rings is 1. The molecule has 0 N–H and O–H groups in total. The molecule has 0 aliphatic heterocycles. The Kier molecular flexibility index (Phi) is 8.91. The molecule has 0 spiro atoms. The van der Waals surface area contributed by atoms with E-state index in [1.165, 1.54) is 63.0 Å². The van der Waals surface area contributed by atoms with Gasteiger partial charge in [-0.1, -0.05) is 23.2 Å². The number of rotatable bonds is 11. The van der Waals surface area contributed by atoms with E-state index in [2.05, 4.69) is 9.72 Å². The van der Waals surface area contributed by atoms with Gasteiger partial charge in [0.05, 0.1) is 42.0 Å². The van der Waals surface area contributed by atoms with Crippen LogP contribution in [0.15, 0.2) is 48.8 Å². The van der Waals surface area contributed by atoms with E-state index < -0.39 is 12.6 Å². The van der Waals surface area contributed by atoms with Crippen LogP contribution in [0.4, 0.5) is 8.78 Å². The highest BCUT2D eigenvalue weighted by atomic mass is 35.5. The number of esters is 1. The Labute approximate surface area is 227 Å². The van der Waals surface area contributed by atoms with E-state index in [4.69, 9.17) is 42.1 Å². The lowest BCUT2D eigenvalue weighted by atomic mass is 10.1. The minimum Gasteiger partial charge on any atom is -0.493 e. The van der Waals surface area contributed by atoms with Crippen molar-refractivity contribution in [1.29, 1.82) is 0 Å². The number of carbonyl (C=O) groups excluding carboxylic acids is 1. The third kappa shape index (κ3) is 6.85. The van der Waals surface area contributed by atoms with Crippen molar-refractivity contribution >= 4 is 41.0 Å². The largest absolute Gasteiger partial charge is 0.493 e. The predicted octanol–water partition coefficient (Wildman–Crippen LogP) is 7.15. The van der Waals surface area contributed by atoms with Gasteiger partial charge in [0.25, 0.3) is 0 Å². The number of hydrogen-bond donors (Lipinski definition) is 0. The highest BCUT2D eigenvalue weighted by molar-refractivity contribution is 6.37. The van der Waals surface area contributed by atoms with Crippen molar-refractivity contribution < 1.29 is 37.3 Å². The number of halogens is 4. The van der Waals surface area contributed by atoms with Crippen LogP contribution in [-0.2, 0) is 4.74 Å². The quantitative estimate of drug-likeness (QED) is 0.180. The summed E-state index contributed by atoms with van der Waals surface area (Å²) in [6, 6.07) is 8.64. The van der Waals surface area contributed by atoms with Crippen LogP contribution in [0, 0.1) is 5.92 Å². The van der Waals surface area contributed by atoms with Crippen LogP contribution in [0.25, 0.3) is 11.8 Å². The molecule has 0 atom stereocenters. The van der Waals surface area contributed by atoms with Crippen molar-refractivity contribution in [2.75, 3.05) is 20.8 Å². The fourth-order valence-corrected chi connectivity index (χ4v) is 3.94. The first-order valence-corrected chi connectivity index (χ1v) is 12.2. The summed E-state index contributed by atoms with van der Waals surface area (Å²) in [6.07, 6.45) is 6.23. The second-order valence-electron chi connectivity index (χ2n) is 8.28. The second-order valence-corrected chi connectivity index (χ2v) is 9.09. The van der Waals surface area contributed by atoms with Crippen molar-refractivity contribution in [2.24, 2.45) is 5.92 Å². The normalized spacial score (nSPS) is 13.3. The van der Waals surface area contributed by atoms with Gasteiger partial charge in [-0.05, 0) is 55.2 Å². The third-order valence-corrected chi connectivity index (χ3v) is 6.21. The van der Waals surface area contributed by atoms with E-state index in [-0.39, 0.29) is 32.9 Å². The Hall–Kier alpha value is -3.56. The summed E-state index contributed by atoms with van der Waals surface area (Å²) in [6.45, 7) is -2.66. The molecule has 7 nitrogen and oxygen atoms in total. The molecule has 0 radical (unpaired) electrons. The molecule has 1 heterocycles. The maximum atomic E-state index is 13.3. The topological polar surface area (TPSA) is 76.1 Å². The van der Waals surface area contributed by atoms with E-state index in [1.807, 2.05) is 0 Å². The molecule has 0 unspecified atom stereocenters. The number of hydrogen-bond acceptors (Lipinski definition) is 7. The summed E-state index contributed by atoms with van der Waals surface area (Å²) in [7, 11) is 2.92. The average Bonchev–Trinajstić information content (AvgIpc) is 3.73. The molecule has 1 aliphatic carbocycles. The fraction of sp³-hybridized carbons (Fsp3) is 0.259. The van der Waals surface area contributed by atoms with Crippen LogP contribution in [0.3, 0.4) is 0 Å². The monoisotopic (exact) mass is 565 g/mol. The van der Waals surface area contributed by atoms with Crippen molar-refractivity contribution in [3.63, 3.8) is 0 Å². The first-order chi connectivity index (χ1) is 18.3. The van der Waals surface area contributed by atoms with Crippen molar-refractivity contribution in [2.45, 2.75) is 19.5 Å². The van der Waals surface area contributed by atoms with Gasteiger partial charge in [0.1, 0.15) is 17.3 Å². The lowest BCUT2D eigenvalue weighted by Crippen LogP contribution is -2.09. The van der Waals surface area contributed by atoms with Crippen molar-refractivity contribution in [3.8, 4) is 23.0 Å². The van der Waals surface area contributed by atoms with Gasteiger partial charge >= 0.3 is 12.6 Å². The first-order valence-electron chi connectivity index (χ1n) is 11.5. The Bertz CT molecular complexity index is 1330. The van der Waals surface area contributed by atoms with Gasteiger partial charge in [-0.2, -0.15) is 8.78 Å². The molecule has 2 aromatic carbocycles. The van der Waals surface area contributed by atoms with Crippen molar-refractivity contribution in [1.82, 2.24) is 4.98 Å². The fourth-order valence-electron chi connectivity index (χ4n) is 3.47. The molecule has 1 aliphatic rings. The maximum absolute atomic E-state index is 13.3. The van der Waals surface area contributed by atoms with Gasteiger partial charge in [0, 0.05) is 24.0 Å². The lowest BCUT2D eigenvalue weighted by molar-refractivity contribution is -0.0499. The Morgan fingerprint density at radius 1 is 1.03 bits per heavy atom. The van der Waals surface area contributed by atoms with Gasteiger partial charge in [-0.25, -0.2) is 4.79 Å². The molecule has 0 saturated heterocycles. The average molecular weight is 566 g/mol. The van der Waals surface area contributed by atoms with Gasteiger partial charge in [0.15, 0.2) is 11.5 Å². The van der Waals surface area contributed by atoms with Crippen LogP contribution in [0.5, 0.6) is 23.0 Å². The minimum atomic E-state index is -3.02. The molecular formula is C27H23Cl2F2NO6. The molecule has 0 amide bonds. The smallest absolute Gasteiger partial charge is 0.387 e. The summed E-state index contributed by atoms with van der Waals surface area (Å²) in [5.74, 6) is 0.458. The zero-order valence-electron chi connectivity index (χ0n) is 20.4. The number of aromatic nitrogens is 1. The van der Waals surface area contributed by atoms with E-state index >= 15 is 0 Å². The summed E-state index contributed by atoms with van der Waals surface area (Å²) in [4.78, 5) is 17.2. The molecule has 4 rings (SSSR count). The molecule has 38 heavy (non-hydrogen) atoms. The number of alkyl halides is 2. The summed E-state index contributed by atoms with van der Waals surface area (Å²) >= 11 is 12.6. The predicted molar refractivity (Wildman–Crippen MR) is 138 cm³/mol. The van der Waals surface area contributed by atoms with Crippen LogP contribution < -0.4 is 18.9 Å². The van der Waals surface area contributed by atoms with Gasteiger partial charge in [0.2, 0.25) is 0 Å². The summed E-state index contributed by atoms with van der Waals surface area (Å²) in [5, 5.41) is 0.408. The van der Waals surface area contributed by atoms with Gasteiger partial charge < -0.3 is 23.7 Å². The van der Waals surface area contributed by atoms with Crippen molar-refractivity contribution in [3.05, 3.63) is 75.5 Å². The van der Waals surface area contributed by atoms with Crippen LogP contribution >= 0.6 is 23.2 Å². The highest BCUT2D eigenvalue weighted by Gasteiger charge is 2.25. The number of carbonyl (C=O) groups is 1. The Morgan fingerprint density at radius 2 is 1.74 bits per heavy atom. The molecule has 200 valence electrons. The van der Waals surface area contributed by atoms with Gasteiger partial charge in [-0.15, -0.1) is 0 Å². The van der Waals surface area contributed by atoms with Crippen LogP contribution in [-0.4, -0.2) is 38.4 Å². The molecule has 3 aromatic rings. The maximum Gasteiger partial charge on any atom is 0.387 e. The van der Waals surface area contributed by atoms with Gasteiger partial charge in [-0.3, -0.25) is 4.98 Å². The van der Waals surface area contributed by atoms with Crippen LogP contribution in [0.1, 0.15) is 34.3 Å². The second kappa shape index (κ2) is 12.3.